The number of piperazine rings is 1. The first-order valence-corrected chi connectivity index (χ1v) is 7.81. The summed E-state index contributed by atoms with van der Waals surface area (Å²) in [6, 6.07) is 12.3. The molecule has 1 aromatic rings. The Morgan fingerprint density at radius 2 is 2.05 bits per heavy atom. The van der Waals surface area contributed by atoms with Crippen LogP contribution >= 0.6 is 0 Å². The van der Waals surface area contributed by atoms with Gasteiger partial charge in [-0.15, -0.1) is 11.8 Å². The van der Waals surface area contributed by atoms with Crippen molar-refractivity contribution >= 4 is 0 Å². The zero-order valence-corrected chi connectivity index (χ0v) is 12.4. The smallest absolute Gasteiger partial charge is 0.0476 e. The Hall–Kier alpha value is -1.30. The lowest BCUT2D eigenvalue weighted by atomic mass is 9.99. The number of nitrogens with zero attached hydrogens (tertiary/aromatic N) is 2. The molecular weight excluding hydrogens is 244 g/mol. The van der Waals surface area contributed by atoms with E-state index in [1.165, 1.54) is 38.0 Å². The Morgan fingerprint density at radius 1 is 1.20 bits per heavy atom. The van der Waals surface area contributed by atoms with Crippen LogP contribution in [0.15, 0.2) is 30.3 Å². The second-order valence-electron chi connectivity index (χ2n) is 5.89. The third-order valence-corrected chi connectivity index (χ3v) is 4.68. The van der Waals surface area contributed by atoms with E-state index in [2.05, 4.69) is 52.0 Å². The van der Waals surface area contributed by atoms with Crippen LogP contribution in [0.25, 0.3) is 0 Å². The summed E-state index contributed by atoms with van der Waals surface area (Å²) in [4.78, 5) is 5.35. The SMILES string of the molecule is CC#CCCN1CC2CCCN2CC1c1ccccc1. The van der Waals surface area contributed by atoms with Gasteiger partial charge in [-0.2, -0.15) is 0 Å². The maximum Gasteiger partial charge on any atom is 0.0476 e. The van der Waals surface area contributed by atoms with Crippen molar-refractivity contribution in [3.05, 3.63) is 35.9 Å². The van der Waals surface area contributed by atoms with E-state index < -0.39 is 0 Å². The van der Waals surface area contributed by atoms with Crippen LogP contribution in [0.5, 0.6) is 0 Å². The quantitative estimate of drug-likeness (QED) is 0.778. The summed E-state index contributed by atoms with van der Waals surface area (Å²) < 4.78 is 0. The standard InChI is InChI=1S/C18H24N2/c1-2-3-7-12-20-14-17-11-8-13-19(17)15-18(20)16-9-5-4-6-10-16/h4-6,9-10,17-18H,7-8,11-15H2,1H3. The fraction of sp³-hybridized carbons (Fsp3) is 0.556. The molecule has 2 unspecified atom stereocenters. The molecule has 0 bridgehead atoms. The minimum Gasteiger partial charge on any atom is -0.297 e. The van der Waals surface area contributed by atoms with E-state index in [4.69, 9.17) is 0 Å². The molecule has 1 aromatic carbocycles. The van der Waals surface area contributed by atoms with Gasteiger partial charge in [0.2, 0.25) is 0 Å². The van der Waals surface area contributed by atoms with Crippen molar-refractivity contribution in [3.8, 4) is 11.8 Å². The van der Waals surface area contributed by atoms with Crippen LogP contribution in [0.2, 0.25) is 0 Å². The van der Waals surface area contributed by atoms with Crippen LogP contribution in [0.4, 0.5) is 0 Å². The van der Waals surface area contributed by atoms with E-state index in [1.54, 1.807) is 0 Å². The highest BCUT2D eigenvalue weighted by Crippen LogP contribution is 2.32. The van der Waals surface area contributed by atoms with E-state index in [0.717, 1.165) is 19.0 Å². The molecule has 0 radical (unpaired) electrons. The van der Waals surface area contributed by atoms with E-state index in [9.17, 15) is 0 Å². The fourth-order valence-corrected chi connectivity index (χ4v) is 3.64. The Balaban J connectivity index is 1.76. The van der Waals surface area contributed by atoms with Crippen LogP contribution in [0.3, 0.4) is 0 Å². The second-order valence-corrected chi connectivity index (χ2v) is 5.89. The van der Waals surface area contributed by atoms with Crippen LogP contribution in [-0.4, -0.2) is 42.0 Å². The monoisotopic (exact) mass is 268 g/mol. The normalized spacial score (nSPS) is 26.9. The summed E-state index contributed by atoms with van der Waals surface area (Å²) in [6.07, 6.45) is 3.73. The predicted octanol–water partition coefficient (Wildman–Crippen LogP) is 2.92. The van der Waals surface area contributed by atoms with Gasteiger partial charge in [-0.25, -0.2) is 0 Å². The van der Waals surface area contributed by atoms with Crippen LogP contribution < -0.4 is 0 Å². The van der Waals surface area contributed by atoms with Gasteiger partial charge >= 0.3 is 0 Å². The summed E-state index contributed by atoms with van der Waals surface area (Å²) in [5.41, 5.74) is 1.46. The van der Waals surface area contributed by atoms with E-state index in [-0.39, 0.29) is 0 Å². The third kappa shape index (κ3) is 2.90. The molecule has 2 heteroatoms. The highest BCUT2D eigenvalue weighted by molar-refractivity contribution is 5.21. The molecule has 106 valence electrons. The van der Waals surface area contributed by atoms with Gasteiger partial charge in [0, 0.05) is 38.1 Å². The molecular formula is C18H24N2. The van der Waals surface area contributed by atoms with Crippen molar-refractivity contribution in [2.24, 2.45) is 0 Å². The Labute approximate surface area is 122 Å². The summed E-state index contributed by atoms with van der Waals surface area (Å²) >= 11 is 0. The predicted molar refractivity (Wildman–Crippen MR) is 83.4 cm³/mol. The van der Waals surface area contributed by atoms with Crippen LogP contribution in [-0.2, 0) is 0 Å². The number of hydrogen-bond acceptors (Lipinski definition) is 2. The molecule has 0 saturated carbocycles. The molecule has 2 aliphatic rings. The minimum absolute atomic E-state index is 0.546. The van der Waals surface area contributed by atoms with Gasteiger partial charge in [0.05, 0.1) is 0 Å². The first-order chi connectivity index (χ1) is 9.88. The van der Waals surface area contributed by atoms with Crippen molar-refractivity contribution in [1.29, 1.82) is 0 Å². The number of fused-ring (bicyclic) bond motifs is 1. The van der Waals surface area contributed by atoms with Gasteiger partial charge in [0.1, 0.15) is 0 Å². The molecule has 0 aliphatic carbocycles. The zero-order valence-electron chi connectivity index (χ0n) is 12.4. The van der Waals surface area contributed by atoms with Gasteiger partial charge in [-0.1, -0.05) is 30.3 Å². The minimum atomic E-state index is 0.546. The van der Waals surface area contributed by atoms with Gasteiger partial charge in [-0.05, 0) is 31.9 Å². The molecule has 0 amide bonds. The van der Waals surface area contributed by atoms with E-state index >= 15 is 0 Å². The topological polar surface area (TPSA) is 6.48 Å². The molecule has 2 nitrogen and oxygen atoms in total. The lowest BCUT2D eigenvalue weighted by Crippen LogP contribution is -2.51. The van der Waals surface area contributed by atoms with Crippen molar-refractivity contribution in [2.75, 3.05) is 26.2 Å². The average Bonchev–Trinajstić information content (AvgIpc) is 2.95. The molecule has 2 fully saturated rings. The average molecular weight is 268 g/mol. The summed E-state index contributed by atoms with van der Waals surface area (Å²) in [5, 5.41) is 0. The lowest BCUT2D eigenvalue weighted by molar-refractivity contribution is 0.0522. The second kappa shape index (κ2) is 6.43. The largest absolute Gasteiger partial charge is 0.297 e. The molecule has 0 spiro atoms. The van der Waals surface area contributed by atoms with Crippen molar-refractivity contribution < 1.29 is 0 Å². The van der Waals surface area contributed by atoms with Gasteiger partial charge in [-0.3, -0.25) is 9.80 Å². The molecule has 2 saturated heterocycles. The maximum atomic E-state index is 3.22. The van der Waals surface area contributed by atoms with Gasteiger partial charge < -0.3 is 0 Å². The first-order valence-electron chi connectivity index (χ1n) is 7.81. The summed E-state index contributed by atoms with van der Waals surface area (Å²) in [5.74, 6) is 6.24. The molecule has 3 rings (SSSR count). The molecule has 2 aliphatic heterocycles. The maximum absolute atomic E-state index is 3.22. The summed E-state index contributed by atoms with van der Waals surface area (Å²) in [6.45, 7) is 6.73. The van der Waals surface area contributed by atoms with Crippen molar-refractivity contribution in [2.45, 2.75) is 38.3 Å². The summed E-state index contributed by atoms with van der Waals surface area (Å²) in [7, 11) is 0. The molecule has 2 heterocycles. The Kier molecular flexibility index (Phi) is 4.40. The molecule has 20 heavy (non-hydrogen) atoms. The van der Waals surface area contributed by atoms with E-state index in [0.29, 0.717) is 6.04 Å². The fourth-order valence-electron chi connectivity index (χ4n) is 3.64. The van der Waals surface area contributed by atoms with Gasteiger partial charge in [0.15, 0.2) is 0 Å². The molecule has 0 aromatic heterocycles. The van der Waals surface area contributed by atoms with Gasteiger partial charge in [0.25, 0.3) is 0 Å². The van der Waals surface area contributed by atoms with E-state index in [1.807, 2.05) is 6.92 Å². The number of rotatable bonds is 3. The zero-order chi connectivity index (χ0) is 13.8. The van der Waals surface area contributed by atoms with Crippen molar-refractivity contribution in [3.63, 3.8) is 0 Å². The highest BCUT2D eigenvalue weighted by Gasteiger charge is 2.36. The lowest BCUT2D eigenvalue weighted by Gasteiger charge is -2.43. The number of hydrogen-bond donors (Lipinski definition) is 0. The molecule has 2 atom stereocenters. The van der Waals surface area contributed by atoms with Crippen LogP contribution in [0.1, 0.15) is 37.8 Å². The Morgan fingerprint density at radius 3 is 2.85 bits per heavy atom. The highest BCUT2D eigenvalue weighted by atomic mass is 15.3. The number of benzene rings is 1. The molecule has 0 N–H and O–H groups in total. The third-order valence-electron chi connectivity index (χ3n) is 4.68. The van der Waals surface area contributed by atoms with Crippen LogP contribution in [0, 0.1) is 11.8 Å². The van der Waals surface area contributed by atoms with Crippen molar-refractivity contribution in [1.82, 2.24) is 9.80 Å². The first kappa shape index (κ1) is 13.7. The Bertz CT molecular complexity index is 485.